The summed E-state index contributed by atoms with van der Waals surface area (Å²) in [5, 5.41) is 0. The average molecular weight is 251 g/mol. The summed E-state index contributed by atoms with van der Waals surface area (Å²) < 4.78 is 19.0. The third-order valence-corrected chi connectivity index (χ3v) is 3.66. The van der Waals surface area contributed by atoms with E-state index in [0.717, 1.165) is 24.0 Å². The SMILES string of the molecule is NCc1cc(F)ccc1COC1CCCCCC1. The highest BCUT2D eigenvalue weighted by molar-refractivity contribution is 5.27. The highest BCUT2D eigenvalue weighted by Gasteiger charge is 2.13. The molecule has 1 aliphatic rings. The van der Waals surface area contributed by atoms with Crippen LogP contribution in [0.1, 0.15) is 49.7 Å². The van der Waals surface area contributed by atoms with E-state index in [0.29, 0.717) is 19.3 Å². The molecule has 0 amide bonds. The van der Waals surface area contributed by atoms with E-state index in [9.17, 15) is 4.39 Å². The Bertz CT molecular complexity index is 373. The van der Waals surface area contributed by atoms with Gasteiger partial charge in [-0.3, -0.25) is 0 Å². The molecule has 3 heteroatoms. The van der Waals surface area contributed by atoms with Crippen molar-refractivity contribution in [2.45, 2.75) is 57.8 Å². The van der Waals surface area contributed by atoms with E-state index < -0.39 is 0 Å². The maximum Gasteiger partial charge on any atom is 0.123 e. The van der Waals surface area contributed by atoms with Crippen molar-refractivity contribution in [3.05, 3.63) is 35.1 Å². The van der Waals surface area contributed by atoms with Gasteiger partial charge in [-0.25, -0.2) is 4.39 Å². The van der Waals surface area contributed by atoms with Crippen LogP contribution in [0.3, 0.4) is 0 Å². The van der Waals surface area contributed by atoms with E-state index in [1.165, 1.54) is 37.8 Å². The molecular weight excluding hydrogens is 229 g/mol. The summed E-state index contributed by atoms with van der Waals surface area (Å²) in [6.07, 6.45) is 7.84. The molecule has 1 aromatic rings. The monoisotopic (exact) mass is 251 g/mol. The zero-order valence-corrected chi connectivity index (χ0v) is 10.8. The quantitative estimate of drug-likeness (QED) is 0.831. The van der Waals surface area contributed by atoms with Crippen LogP contribution in [0.25, 0.3) is 0 Å². The molecule has 0 aromatic heterocycles. The van der Waals surface area contributed by atoms with Gasteiger partial charge in [-0.1, -0.05) is 31.7 Å². The van der Waals surface area contributed by atoms with Crippen LogP contribution >= 0.6 is 0 Å². The third kappa shape index (κ3) is 3.79. The minimum Gasteiger partial charge on any atom is -0.374 e. The lowest BCUT2D eigenvalue weighted by Crippen LogP contribution is -2.13. The van der Waals surface area contributed by atoms with Crippen LogP contribution in [0.5, 0.6) is 0 Å². The summed E-state index contributed by atoms with van der Waals surface area (Å²) in [4.78, 5) is 0. The van der Waals surface area contributed by atoms with Gasteiger partial charge in [0.25, 0.3) is 0 Å². The van der Waals surface area contributed by atoms with Gasteiger partial charge in [0.1, 0.15) is 5.82 Å². The Morgan fingerprint density at radius 3 is 2.50 bits per heavy atom. The zero-order chi connectivity index (χ0) is 12.8. The third-order valence-electron chi connectivity index (χ3n) is 3.66. The van der Waals surface area contributed by atoms with Crippen molar-refractivity contribution in [2.24, 2.45) is 5.73 Å². The molecule has 2 nitrogen and oxygen atoms in total. The number of rotatable bonds is 4. The fourth-order valence-corrected chi connectivity index (χ4v) is 2.54. The van der Waals surface area contributed by atoms with E-state index in [-0.39, 0.29) is 5.82 Å². The number of benzene rings is 1. The van der Waals surface area contributed by atoms with Gasteiger partial charge in [0, 0.05) is 6.54 Å². The molecule has 0 heterocycles. The second-order valence-electron chi connectivity index (χ2n) is 5.04. The number of hydrogen-bond donors (Lipinski definition) is 1. The molecule has 0 spiro atoms. The Kier molecular flexibility index (Phi) is 5.14. The van der Waals surface area contributed by atoms with Crippen LogP contribution in [-0.4, -0.2) is 6.10 Å². The normalized spacial score (nSPS) is 17.7. The van der Waals surface area contributed by atoms with Crippen molar-refractivity contribution in [3.8, 4) is 0 Å². The van der Waals surface area contributed by atoms with E-state index in [1.807, 2.05) is 0 Å². The van der Waals surface area contributed by atoms with E-state index in [1.54, 1.807) is 6.07 Å². The van der Waals surface area contributed by atoms with Crippen molar-refractivity contribution < 1.29 is 9.13 Å². The first-order valence-corrected chi connectivity index (χ1v) is 6.88. The smallest absolute Gasteiger partial charge is 0.123 e. The van der Waals surface area contributed by atoms with Crippen LogP contribution in [0, 0.1) is 5.82 Å². The average Bonchev–Trinajstić information content (AvgIpc) is 2.65. The largest absolute Gasteiger partial charge is 0.374 e. The molecule has 1 aromatic carbocycles. The molecule has 0 unspecified atom stereocenters. The van der Waals surface area contributed by atoms with Gasteiger partial charge in [-0.2, -0.15) is 0 Å². The summed E-state index contributed by atoms with van der Waals surface area (Å²) in [5.41, 5.74) is 7.50. The molecule has 1 saturated carbocycles. The highest BCUT2D eigenvalue weighted by Crippen LogP contribution is 2.21. The second kappa shape index (κ2) is 6.86. The first kappa shape index (κ1) is 13.5. The van der Waals surface area contributed by atoms with Crippen LogP contribution < -0.4 is 5.73 Å². The molecule has 1 aliphatic carbocycles. The van der Waals surface area contributed by atoms with Crippen LogP contribution in [0.2, 0.25) is 0 Å². The van der Waals surface area contributed by atoms with Crippen LogP contribution in [-0.2, 0) is 17.9 Å². The molecule has 2 rings (SSSR count). The maximum absolute atomic E-state index is 13.1. The lowest BCUT2D eigenvalue weighted by Gasteiger charge is -2.16. The number of ether oxygens (including phenoxy) is 1. The van der Waals surface area contributed by atoms with Crippen molar-refractivity contribution >= 4 is 0 Å². The van der Waals surface area contributed by atoms with Gasteiger partial charge < -0.3 is 10.5 Å². The Labute approximate surface area is 108 Å². The molecule has 100 valence electrons. The lowest BCUT2D eigenvalue weighted by atomic mass is 10.1. The first-order chi connectivity index (χ1) is 8.79. The molecule has 0 bridgehead atoms. The van der Waals surface area contributed by atoms with E-state index in [2.05, 4.69) is 0 Å². The summed E-state index contributed by atoms with van der Waals surface area (Å²) >= 11 is 0. The van der Waals surface area contributed by atoms with Crippen LogP contribution in [0.4, 0.5) is 4.39 Å². The van der Waals surface area contributed by atoms with Crippen molar-refractivity contribution in [3.63, 3.8) is 0 Å². The van der Waals surface area contributed by atoms with E-state index >= 15 is 0 Å². The standard InChI is InChI=1S/C15H22FNO/c16-14-8-7-12(13(9-14)10-17)11-18-15-5-3-1-2-4-6-15/h7-9,15H,1-6,10-11,17H2. The van der Waals surface area contributed by atoms with Crippen molar-refractivity contribution in [1.29, 1.82) is 0 Å². The maximum atomic E-state index is 13.1. The number of halogens is 1. The topological polar surface area (TPSA) is 35.2 Å². The van der Waals surface area contributed by atoms with Crippen LogP contribution in [0.15, 0.2) is 18.2 Å². The van der Waals surface area contributed by atoms with Gasteiger partial charge in [0.15, 0.2) is 0 Å². The zero-order valence-electron chi connectivity index (χ0n) is 10.8. The molecule has 1 fully saturated rings. The fourth-order valence-electron chi connectivity index (χ4n) is 2.54. The molecule has 0 saturated heterocycles. The predicted molar refractivity (Wildman–Crippen MR) is 70.6 cm³/mol. The number of hydrogen-bond acceptors (Lipinski definition) is 2. The Morgan fingerprint density at radius 2 is 1.83 bits per heavy atom. The fraction of sp³-hybridized carbons (Fsp3) is 0.600. The predicted octanol–water partition coefficient (Wildman–Crippen LogP) is 3.52. The first-order valence-electron chi connectivity index (χ1n) is 6.88. The number of nitrogens with two attached hydrogens (primary N) is 1. The minimum absolute atomic E-state index is 0.228. The van der Waals surface area contributed by atoms with E-state index in [4.69, 9.17) is 10.5 Å². The highest BCUT2D eigenvalue weighted by atomic mass is 19.1. The van der Waals surface area contributed by atoms with Gasteiger partial charge >= 0.3 is 0 Å². The molecule has 0 radical (unpaired) electrons. The van der Waals surface area contributed by atoms with Gasteiger partial charge in [-0.15, -0.1) is 0 Å². The molecule has 2 N–H and O–H groups in total. The lowest BCUT2D eigenvalue weighted by molar-refractivity contribution is 0.0306. The van der Waals surface area contributed by atoms with Crippen molar-refractivity contribution in [2.75, 3.05) is 0 Å². The minimum atomic E-state index is -0.228. The summed E-state index contributed by atoms with van der Waals surface area (Å²) in [7, 11) is 0. The Morgan fingerprint density at radius 1 is 1.11 bits per heavy atom. The second-order valence-corrected chi connectivity index (χ2v) is 5.04. The Balaban J connectivity index is 1.92. The Hall–Kier alpha value is -0.930. The molecule has 0 atom stereocenters. The summed E-state index contributed by atoms with van der Waals surface area (Å²) in [6.45, 7) is 0.915. The van der Waals surface area contributed by atoms with Gasteiger partial charge in [0.05, 0.1) is 12.7 Å². The van der Waals surface area contributed by atoms with Gasteiger partial charge in [0.2, 0.25) is 0 Å². The molecule has 18 heavy (non-hydrogen) atoms. The molecular formula is C15H22FNO. The summed E-state index contributed by atoms with van der Waals surface area (Å²) in [6, 6.07) is 4.77. The van der Waals surface area contributed by atoms with Crippen molar-refractivity contribution in [1.82, 2.24) is 0 Å². The molecule has 0 aliphatic heterocycles. The summed E-state index contributed by atoms with van der Waals surface area (Å²) in [5.74, 6) is -0.228. The van der Waals surface area contributed by atoms with Gasteiger partial charge in [-0.05, 0) is 36.1 Å².